The van der Waals surface area contributed by atoms with Crippen LogP contribution in [0.5, 0.6) is 0 Å². The van der Waals surface area contributed by atoms with Crippen molar-refractivity contribution < 1.29 is 0 Å². The molecule has 0 fully saturated rings. The maximum Gasteiger partial charge on any atom is -0.147 e. The van der Waals surface area contributed by atoms with Crippen LogP contribution in [0.3, 0.4) is 0 Å². The SMILES string of the molecule is CC(C)N(C(C)C)[CH](C)[GeH3].Cl. The average Bonchev–Trinajstić information content (AvgIpc) is 1.59. The van der Waals surface area contributed by atoms with Crippen molar-refractivity contribution in [1.82, 2.24) is 4.90 Å². The van der Waals surface area contributed by atoms with Gasteiger partial charge in [0.1, 0.15) is 0 Å². The fourth-order valence-corrected chi connectivity index (χ4v) is 4.29. The Hall–Kier alpha value is 0.793. The molecular weight excluding hydrogens is 218 g/mol. The molecule has 0 heterocycles. The number of hydrogen-bond acceptors (Lipinski definition) is 1. The molecule has 0 saturated heterocycles. The minimum Gasteiger partial charge on any atom is -0.147 e. The van der Waals surface area contributed by atoms with Gasteiger partial charge in [-0.05, 0) is 0 Å². The van der Waals surface area contributed by atoms with Crippen molar-refractivity contribution in [3.05, 3.63) is 0 Å². The van der Waals surface area contributed by atoms with Crippen molar-refractivity contribution in [2.45, 2.75) is 51.6 Å². The maximum absolute atomic E-state index is 2.58. The van der Waals surface area contributed by atoms with Crippen LogP contribution in [0.25, 0.3) is 0 Å². The molecule has 0 bridgehead atoms. The van der Waals surface area contributed by atoms with Crippen LogP contribution in [0, 0.1) is 0 Å². The second-order valence-electron chi connectivity index (χ2n) is 3.73. The predicted octanol–water partition coefficient (Wildman–Crippen LogP) is 1.24. The third-order valence-corrected chi connectivity index (χ3v) is 3.04. The van der Waals surface area contributed by atoms with E-state index in [1.165, 1.54) is 0 Å². The van der Waals surface area contributed by atoms with Crippen molar-refractivity contribution in [2.75, 3.05) is 0 Å². The Kier molecular flexibility index (Phi) is 8.24. The zero-order chi connectivity index (χ0) is 8.31. The molecule has 0 aliphatic rings. The summed E-state index contributed by atoms with van der Waals surface area (Å²) in [6, 6.07) is 1.43. The Morgan fingerprint density at radius 2 is 1.18 bits per heavy atom. The van der Waals surface area contributed by atoms with Gasteiger partial charge in [-0.2, -0.15) is 0 Å². The Bertz CT molecular complexity index is 75.1. The van der Waals surface area contributed by atoms with Crippen LogP contribution in [0.2, 0.25) is 0 Å². The third-order valence-electron chi connectivity index (χ3n) is 1.79. The van der Waals surface area contributed by atoms with Gasteiger partial charge >= 0.3 is 73.0 Å². The van der Waals surface area contributed by atoms with Crippen LogP contribution in [0.15, 0.2) is 0 Å². The summed E-state index contributed by atoms with van der Waals surface area (Å²) in [6.07, 6.45) is 0. The van der Waals surface area contributed by atoms with E-state index in [1.54, 1.807) is 0 Å². The summed E-state index contributed by atoms with van der Waals surface area (Å²) in [5.41, 5.74) is 0. The van der Waals surface area contributed by atoms with Gasteiger partial charge < -0.3 is 0 Å². The summed E-state index contributed by atoms with van der Waals surface area (Å²) in [5.74, 6) is 0. The van der Waals surface area contributed by atoms with E-state index in [4.69, 9.17) is 0 Å². The molecule has 3 heteroatoms. The third kappa shape index (κ3) is 5.10. The number of hydrogen-bond donors (Lipinski definition) is 0. The molecular formula is C8H22ClGeN. The van der Waals surface area contributed by atoms with Gasteiger partial charge in [0.15, 0.2) is 0 Å². The molecule has 0 aliphatic heterocycles. The quantitative estimate of drug-likeness (QED) is 0.671. The minimum absolute atomic E-state index is 0. The first-order valence-electron chi connectivity index (χ1n) is 4.24. The summed E-state index contributed by atoms with van der Waals surface area (Å²) in [5, 5.41) is 0. The molecule has 0 amide bonds. The molecule has 0 rings (SSSR count). The molecule has 1 nitrogen and oxygen atoms in total. The Morgan fingerprint density at radius 1 is 0.909 bits per heavy atom. The second-order valence-corrected chi connectivity index (χ2v) is 7.23. The molecule has 0 radical (unpaired) electrons. The Balaban J connectivity index is 0. The Morgan fingerprint density at radius 3 is 1.18 bits per heavy atom. The van der Waals surface area contributed by atoms with E-state index in [2.05, 4.69) is 39.5 Å². The minimum atomic E-state index is 0. The normalized spacial score (nSPS) is 14.2. The molecule has 1 unspecified atom stereocenters. The fraction of sp³-hybridized carbons (Fsp3) is 1.00. The van der Waals surface area contributed by atoms with E-state index in [1.807, 2.05) is 0 Å². The fourth-order valence-electron chi connectivity index (χ4n) is 1.79. The van der Waals surface area contributed by atoms with Crippen LogP contribution in [0.1, 0.15) is 34.6 Å². The van der Waals surface area contributed by atoms with Crippen LogP contribution in [-0.2, 0) is 0 Å². The standard InChI is InChI=1S/C8H21GeN.ClH/c1-6(2)10(7(3)4)8(5)9;/h6-8H,1-5,9H3;1H. The molecule has 0 N–H and O–H groups in total. The van der Waals surface area contributed by atoms with Crippen LogP contribution in [0.4, 0.5) is 0 Å². The van der Waals surface area contributed by atoms with Gasteiger partial charge in [-0.15, -0.1) is 12.4 Å². The van der Waals surface area contributed by atoms with Crippen molar-refractivity contribution in [3.8, 4) is 0 Å². The first-order chi connectivity index (χ1) is 4.46. The van der Waals surface area contributed by atoms with Gasteiger partial charge in [-0.25, -0.2) is 0 Å². The van der Waals surface area contributed by atoms with Crippen LogP contribution < -0.4 is 0 Å². The van der Waals surface area contributed by atoms with Crippen molar-refractivity contribution in [2.24, 2.45) is 0 Å². The smallest absolute Gasteiger partial charge is 0.147 e. The van der Waals surface area contributed by atoms with E-state index in [0.29, 0.717) is 12.1 Å². The largest absolute Gasteiger partial charge is 0.147 e. The van der Waals surface area contributed by atoms with E-state index >= 15 is 0 Å². The van der Waals surface area contributed by atoms with Gasteiger partial charge in [0.25, 0.3) is 0 Å². The number of halogens is 1. The van der Waals surface area contributed by atoms with Crippen molar-refractivity contribution in [3.63, 3.8) is 0 Å². The van der Waals surface area contributed by atoms with Gasteiger partial charge in [0.2, 0.25) is 0 Å². The molecule has 0 aromatic carbocycles. The summed E-state index contributed by atoms with van der Waals surface area (Å²) in [6.45, 7) is 11.5. The van der Waals surface area contributed by atoms with E-state index in [0.717, 1.165) is 21.4 Å². The molecule has 0 aromatic heterocycles. The van der Waals surface area contributed by atoms with Crippen LogP contribution >= 0.6 is 12.4 Å². The second kappa shape index (κ2) is 6.32. The molecule has 0 aliphatic carbocycles. The van der Waals surface area contributed by atoms with E-state index in [-0.39, 0.29) is 12.4 Å². The molecule has 0 spiro atoms. The van der Waals surface area contributed by atoms with Gasteiger partial charge in [0, 0.05) is 0 Å². The molecule has 70 valence electrons. The molecule has 0 saturated carbocycles. The molecule has 0 aromatic rings. The van der Waals surface area contributed by atoms with Crippen molar-refractivity contribution >= 4 is 28.9 Å². The zero-order valence-electron chi connectivity index (χ0n) is 8.59. The van der Waals surface area contributed by atoms with E-state index < -0.39 is 0 Å². The van der Waals surface area contributed by atoms with Gasteiger partial charge in [0.05, 0.1) is 0 Å². The Labute approximate surface area is 85.6 Å². The first-order valence-corrected chi connectivity index (χ1v) is 6.66. The number of nitrogens with zero attached hydrogens (tertiary/aromatic N) is 1. The maximum atomic E-state index is 2.58. The van der Waals surface area contributed by atoms with E-state index in [9.17, 15) is 0 Å². The molecule has 1 atom stereocenters. The topological polar surface area (TPSA) is 3.24 Å². The summed E-state index contributed by atoms with van der Waals surface area (Å²) in [4.78, 5) is 3.44. The zero-order valence-corrected chi connectivity index (χ0v) is 13.6. The monoisotopic (exact) mass is 241 g/mol. The van der Waals surface area contributed by atoms with Crippen LogP contribution in [-0.4, -0.2) is 38.4 Å². The first kappa shape index (κ1) is 14.3. The average molecular weight is 240 g/mol. The van der Waals surface area contributed by atoms with Gasteiger partial charge in [-0.3, -0.25) is 0 Å². The molecule has 11 heavy (non-hydrogen) atoms. The number of rotatable bonds is 3. The summed E-state index contributed by atoms with van der Waals surface area (Å²) in [7, 11) is 0. The summed E-state index contributed by atoms with van der Waals surface area (Å²) >= 11 is 0.932. The predicted molar refractivity (Wildman–Crippen MR) is 58.8 cm³/mol. The summed E-state index contributed by atoms with van der Waals surface area (Å²) < 4.78 is 0. The van der Waals surface area contributed by atoms with Crippen molar-refractivity contribution in [1.29, 1.82) is 0 Å². The van der Waals surface area contributed by atoms with Gasteiger partial charge in [-0.1, -0.05) is 0 Å².